The average Bonchev–Trinajstić information content (AvgIpc) is 1.97. The average molecular weight is 162 g/mol. The lowest BCUT2D eigenvalue weighted by molar-refractivity contribution is -0.139. The molecule has 0 aliphatic rings. The molecular formula is C6H7FO4. The summed E-state index contributed by atoms with van der Waals surface area (Å²) in [4.78, 5) is 20.2. The van der Waals surface area contributed by atoms with E-state index in [2.05, 4.69) is 4.74 Å². The van der Waals surface area contributed by atoms with Gasteiger partial charge in [0.05, 0.1) is 0 Å². The number of rotatable bonds is 4. The molecule has 4 nitrogen and oxygen atoms in total. The molecule has 0 atom stereocenters. The van der Waals surface area contributed by atoms with Crippen LogP contribution in [0, 0.1) is 0 Å². The van der Waals surface area contributed by atoms with Crippen LogP contribution in [-0.4, -0.2) is 30.3 Å². The van der Waals surface area contributed by atoms with E-state index < -0.39 is 18.6 Å². The summed E-state index contributed by atoms with van der Waals surface area (Å²) in [5.41, 5.74) is 0. The summed E-state index contributed by atoms with van der Waals surface area (Å²) in [6, 6.07) is 0. The number of alkyl halides is 1. The second-order valence-electron chi connectivity index (χ2n) is 1.53. The molecule has 0 heterocycles. The summed E-state index contributed by atoms with van der Waals surface area (Å²) in [5, 5.41) is 8.02. The van der Waals surface area contributed by atoms with Crippen LogP contribution in [0.4, 0.5) is 4.39 Å². The number of aliphatic carboxylic acids is 1. The number of ether oxygens (including phenoxy) is 1. The van der Waals surface area contributed by atoms with E-state index in [4.69, 9.17) is 5.11 Å². The summed E-state index contributed by atoms with van der Waals surface area (Å²) in [6.45, 7) is -1.12. The van der Waals surface area contributed by atoms with Crippen LogP contribution in [0.3, 0.4) is 0 Å². The maximum Gasteiger partial charge on any atom is 0.331 e. The number of esters is 1. The Morgan fingerprint density at radius 3 is 2.55 bits per heavy atom. The summed E-state index contributed by atoms with van der Waals surface area (Å²) in [6.07, 6.45) is 1.35. The van der Waals surface area contributed by atoms with Gasteiger partial charge in [0.1, 0.15) is 13.3 Å². The van der Waals surface area contributed by atoms with Crippen LogP contribution < -0.4 is 0 Å². The lowest BCUT2D eigenvalue weighted by atomic mass is 10.5. The molecule has 0 spiro atoms. The smallest absolute Gasteiger partial charge is 0.331 e. The Hall–Kier alpha value is -1.39. The highest BCUT2D eigenvalue weighted by Crippen LogP contribution is 1.82. The van der Waals surface area contributed by atoms with Gasteiger partial charge in [0.25, 0.3) is 0 Å². The van der Waals surface area contributed by atoms with Crippen molar-refractivity contribution in [2.24, 2.45) is 0 Å². The SMILES string of the molecule is O=C(O)C=CC(=O)OCCF. The van der Waals surface area contributed by atoms with Crippen molar-refractivity contribution in [1.29, 1.82) is 0 Å². The van der Waals surface area contributed by atoms with Gasteiger partial charge in [-0.1, -0.05) is 0 Å². The number of carbonyl (C=O) groups is 2. The molecule has 0 amide bonds. The maximum atomic E-state index is 11.3. The van der Waals surface area contributed by atoms with Crippen molar-refractivity contribution in [3.05, 3.63) is 12.2 Å². The molecule has 0 aromatic carbocycles. The van der Waals surface area contributed by atoms with Crippen LogP contribution in [0.2, 0.25) is 0 Å². The molecule has 1 N–H and O–H groups in total. The zero-order valence-electron chi connectivity index (χ0n) is 5.62. The first-order valence-corrected chi connectivity index (χ1v) is 2.80. The zero-order valence-corrected chi connectivity index (χ0v) is 5.62. The van der Waals surface area contributed by atoms with Crippen molar-refractivity contribution in [2.75, 3.05) is 13.3 Å². The Labute approximate surface area is 62.3 Å². The minimum absolute atomic E-state index is 0.344. The first-order valence-electron chi connectivity index (χ1n) is 2.80. The monoisotopic (exact) mass is 162 g/mol. The van der Waals surface area contributed by atoms with Crippen molar-refractivity contribution in [2.45, 2.75) is 0 Å². The highest BCUT2D eigenvalue weighted by Gasteiger charge is 1.96. The topological polar surface area (TPSA) is 63.6 Å². The van der Waals surface area contributed by atoms with E-state index >= 15 is 0 Å². The molecule has 0 bridgehead atoms. The van der Waals surface area contributed by atoms with Gasteiger partial charge in [-0.3, -0.25) is 0 Å². The van der Waals surface area contributed by atoms with E-state index in [1.165, 1.54) is 0 Å². The quantitative estimate of drug-likeness (QED) is 0.471. The van der Waals surface area contributed by atoms with E-state index in [0.717, 1.165) is 6.08 Å². The van der Waals surface area contributed by atoms with Crippen molar-refractivity contribution in [3.8, 4) is 0 Å². The molecule has 11 heavy (non-hydrogen) atoms. The highest BCUT2D eigenvalue weighted by molar-refractivity contribution is 5.90. The summed E-state index contributed by atoms with van der Waals surface area (Å²) < 4.78 is 15.5. The number of carboxylic acid groups (broad SMARTS) is 1. The van der Waals surface area contributed by atoms with Gasteiger partial charge in [-0.2, -0.15) is 0 Å². The van der Waals surface area contributed by atoms with Crippen LogP contribution in [0.1, 0.15) is 0 Å². The van der Waals surface area contributed by atoms with Gasteiger partial charge in [-0.25, -0.2) is 14.0 Å². The third-order valence-corrected chi connectivity index (χ3v) is 0.683. The van der Waals surface area contributed by atoms with Crippen molar-refractivity contribution in [3.63, 3.8) is 0 Å². The van der Waals surface area contributed by atoms with Crippen molar-refractivity contribution >= 4 is 11.9 Å². The molecule has 0 saturated carbocycles. The Morgan fingerprint density at radius 2 is 2.09 bits per heavy atom. The van der Waals surface area contributed by atoms with Crippen LogP contribution in [-0.2, 0) is 14.3 Å². The van der Waals surface area contributed by atoms with E-state index in [1.54, 1.807) is 0 Å². The largest absolute Gasteiger partial charge is 0.478 e. The molecule has 0 rings (SSSR count). The first-order chi connectivity index (χ1) is 5.16. The number of hydrogen-bond donors (Lipinski definition) is 1. The van der Waals surface area contributed by atoms with Gasteiger partial charge < -0.3 is 9.84 Å². The van der Waals surface area contributed by atoms with Gasteiger partial charge >= 0.3 is 11.9 Å². The predicted octanol–water partition coefficient (Wildman–Crippen LogP) is 0.140. The fraction of sp³-hybridized carbons (Fsp3) is 0.333. The molecule has 0 saturated heterocycles. The Kier molecular flexibility index (Phi) is 4.72. The zero-order chi connectivity index (χ0) is 8.69. The normalized spacial score (nSPS) is 9.91. The third kappa shape index (κ3) is 6.50. The van der Waals surface area contributed by atoms with Crippen molar-refractivity contribution in [1.82, 2.24) is 0 Å². The van der Waals surface area contributed by atoms with Crippen LogP contribution in [0.5, 0.6) is 0 Å². The van der Waals surface area contributed by atoms with Crippen LogP contribution in [0.15, 0.2) is 12.2 Å². The lowest BCUT2D eigenvalue weighted by Gasteiger charge is -1.94. The third-order valence-electron chi connectivity index (χ3n) is 0.683. The van der Waals surface area contributed by atoms with E-state index in [1.807, 2.05) is 0 Å². The van der Waals surface area contributed by atoms with Gasteiger partial charge in [-0.15, -0.1) is 0 Å². The molecule has 0 aromatic heterocycles. The number of hydrogen-bond acceptors (Lipinski definition) is 3. The molecule has 0 aromatic rings. The maximum absolute atomic E-state index is 11.3. The second kappa shape index (κ2) is 5.40. The Bertz CT molecular complexity index is 175. The molecule has 0 radical (unpaired) electrons. The van der Waals surface area contributed by atoms with Gasteiger partial charge in [0.2, 0.25) is 0 Å². The number of carboxylic acids is 1. The molecule has 0 fully saturated rings. The van der Waals surface area contributed by atoms with E-state index in [0.29, 0.717) is 6.08 Å². The Balaban J connectivity index is 3.60. The van der Waals surface area contributed by atoms with Gasteiger partial charge in [0.15, 0.2) is 0 Å². The molecule has 62 valence electrons. The molecule has 0 aliphatic carbocycles. The number of carbonyl (C=O) groups excluding carboxylic acids is 1. The standard InChI is InChI=1S/C6H7FO4/c7-3-4-11-6(10)2-1-5(8)9/h1-2H,3-4H2,(H,8,9). The van der Waals surface area contributed by atoms with Gasteiger partial charge in [-0.05, 0) is 0 Å². The molecule has 5 heteroatoms. The van der Waals surface area contributed by atoms with E-state index in [-0.39, 0.29) is 6.61 Å². The summed E-state index contributed by atoms with van der Waals surface area (Å²) in [7, 11) is 0. The Morgan fingerprint density at radius 1 is 1.45 bits per heavy atom. The lowest BCUT2D eigenvalue weighted by Crippen LogP contribution is -2.04. The molecule has 0 unspecified atom stereocenters. The fourth-order valence-corrected chi connectivity index (χ4v) is 0.327. The molecule has 0 aliphatic heterocycles. The predicted molar refractivity (Wildman–Crippen MR) is 33.7 cm³/mol. The number of halogens is 1. The minimum Gasteiger partial charge on any atom is -0.478 e. The minimum atomic E-state index is -1.25. The van der Waals surface area contributed by atoms with Crippen LogP contribution in [0.25, 0.3) is 0 Å². The summed E-state index contributed by atoms with van der Waals surface area (Å²) >= 11 is 0. The van der Waals surface area contributed by atoms with Crippen LogP contribution >= 0.6 is 0 Å². The second-order valence-corrected chi connectivity index (χ2v) is 1.53. The van der Waals surface area contributed by atoms with Gasteiger partial charge in [0, 0.05) is 12.2 Å². The van der Waals surface area contributed by atoms with E-state index in [9.17, 15) is 14.0 Å². The fourth-order valence-electron chi connectivity index (χ4n) is 0.327. The first kappa shape index (κ1) is 9.61. The highest BCUT2D eigenvalue weighted by atomic mass is 19.1. The van der Waals surface area contributed by atoms with Crippen molar-refractivity contribution < 1.29 is 23.8 Å². The molecular weight excluding hydrogens is 155 g/mol. The summed E-state index contributed by atoms with van der Waals surface area (Å²) in [5.74, 6) is -2.10.